The number of ether oxygens (including phenoxy) is 4. The number of amides is 5. The number of aromatic amines is 1. The molecule has 0 bridgehead atoms. The summed E-state index contributed by atoms with van der Waals surface area (Å²) in [7, 11) is -4.29. The number of aliphatic hydroxyl groups is 1. The molecule has 0 fully saturated rings. The standard InChI is InChI=1S/C48H88N11O16PS2/c49-39(33-61)48(69)76-56-38(32-60)36-77-37-46(66)50-22-16-15-18-40(47(67)68)53-45(65)35-75-30-28-73-26-24-52-44(64)34-74-29-27-72-25-23-51-42(62)21-17-31-78(70,71)57-43(63)20-14-12-10-8-6-4-2-1-3-5-7-9-11-13-19-41-54-58-59-55-41/h32,38-40,56,61,76H,1-31,33-37,49H2,(H,50,66)(H,51,62)(H,52,64)(H,53,65)(H,57,63)(H,67,68)(H,54,55,58,59)/t38-,39?,40+/m1/s1. The SMILES string of the molecule is NC(CO)C(=O)PN[C@H](C=O)CSCC(=O)NCCCC[C@H](NC(=O)COCCOCCNC(=O)COCCOCCNC(=O)CCCS(=O)(=O)NC(=O)CCCCCCCCCCCCCCCCc1nnn[nH]1)C(=O)O. The monoisotopic (exact) mass is 1170 g/mol. The van der Waals surface area contributed by atoms with E-state index in [1.807, 2.05) is 0 Å². The van der Waals surface area contributed by atoms with Gasteiger partial charge in [0.05, 0.1) is 69.8 Å². The third kappa shape index (κ3) is 43.5. The Hall–Kier alpha value is -4.32. The minimum atomic E-state index is -3.84. The second-order valence-electron chi connectivity index (χ2n) is 18.3. The van der Waals surface area contributed by atoms with E-state index in [0.717, 1.165) is 37.9 Å². The summed E-state index contributed by atoms with van der Waals surface area (Å²) in [5.41, 5.74) is 5.02. The van der Waals surface area contributed by atoms with Gasteiger partial charge >= 0.3 is 5.97 Å². The number of nitrogens with one attached hydrogen (secondary N) is 7. The maximum Gasteiger partial charge on any atom is 0.326 e. The van der Waals surface area contributed by atoms with Crippen LogP contribution in [0.15, 0.2) is 0 Å². The normalized spacial score (nSPS) is 12.7. The first-order chi connectivity index (χ1) is 37.6. The number of aldehydes is 1. The average Bonchev–Trinajstić information content (AvgIpc) is 3.93. The Balaban J connectivity index is 1.92. The number of aliphatic carboxylic acids is 1. The molecule has 0 saturated heterocycles. The number of aromatic nitrogens is 4. The molecule has 2 unspecified atom stereocenters. The summed E-state index contributed by atoms with van der Waals surface area (Å²) in [6, 6.07) is -2.85. The fourth-order valence-corrected chi connectivity index (χ4v) is 9.91. The average molecular weight is 1170 g/mol. The lowest BCUT2D eigenvalue weighted by Gasteiger charge is -2.15. The molecule has 0 aliphatic rings. The Kier molecular flexibility index (Phi) is 44.6. The molecule has 27 nitrogen and oxygen atoms in total. The highest BCUT2D eigenvalue weighted by molar-refractivity contribution is 8.00. The van der Waals surface area contributed by atoms with Crippen molar-refractivity contribution in [2.24, 2.45) is 5.73 Å². The van der Waals surface area contributed by atoms with Crippen LogP contribution in [0.25, 0.3) is 0 Å². The smallest absolute Gasteiger partial charge is 0.326 e. The number of nitrogens with two attached hydrogens (primary N) is 1. The van der Waals surface area contributed by atoms with Crippen molar-refractivity contribution in [3.05, 3.63) is 5.82 Å². The third-order valence-corrected chi connectivity index (χ3v) is 14.9. The number of nitrogens with zero attached hydrogens (tertiary/aromatic N) is 3. The molecule has 0 aromatic carbocycles. The van der Waals surface area contributed by atoms with Crippen LogP contribution >= 0.6 is 20.5 Å². The summed E-state index contributed by atoms with van der Waals surface area (Å²) >= 11 is 1.18. The highest BCUT2D eigenvalue weighted by Crippen LogP contribution is 2.15. The number of carbonyl (C=O) groups is 8. The maximum atomic E-state index is 12.3. The molecule has 448 valence electrons. The van der Waals surface area contributed by atoms with E-state index in [4.69, 9.17) is 29.8 Å². The topological polar surface area (TPSA) is 401 Å². The Morgan fingerprint density at radius 2 is 1.22 bits per heavy atom. The lowest BCUT2D eigenvalue weighted by molar-refractivity contribution is -0.143. The Bertz CT molecular complexity index is 1920. The Morgan fingerprint density at radius 1 is 0.667 bits per heavy atom. The molecule has 0 spiro atoms. The number of aryl methyl sites for hydroxylation is 1. The highest BCUT2D eigenvalue weighted by Gasteiger charge is 2.20. The van der Waals surface area contributed by atoms with E-state index >= 15 is 0 Å². The number of H-pyrrole nitrogens is 1. The summed E-state index contributed by atoms with van der Waals surface area (Å²) in [5.74, 6) is -2.59. The predicted molar refractivity (Wildman–Crippen MR) is 293 cm³/mol. The number of hydrogen-bond donors (Lipinski definition) is 10. The number of thioether (sulfide) groups is 1. The van der Waals surface area contributed by atoms with E-state index in [2.05, 4.69) is 51.7 Å². The number of carboxylic acid groups (broad SMARTS) is 1. The van der Waals surface area contributed by atoms with Crippen molar-refractivity contribution in [2.45, 2.75) is 153 Å². The van der Waals surface area contributed by atoms with Crippen molar-refractivity contribution >= 4 is 77.8 Å². The summed E-state index contributed by atoms with van der Waals surface area (Å²) in [6.45, 7) is 0.312. The van der Waals surface area contributed by atoms with Crippen molar-refractivity contribution in [1.82, 2.24) is 51.7 Å². The van der Waals surface area contributed by atoms with Crippen LogP contribution < -0.4 is 36.8 Å². The van der Waals surface area contributed by atoms with Crippen molar-refractivity contribution < 1.29 is 75.9 Å². The minimum Gasteiger partial charge on any atom is -0.480 e. The van der Waals surface area contributed by atoms with Gasteiger partial charge < -0.3 is 61.0 Å². The van der Waals surface area contributed by atoms with Crippen LogP contribution in [0, 0.1) is 0 Å². The summed E-state index contributed by atoms with van der Waals surface area (Å²) in [4.78, 5) is 95.3. The van der Waals surface area contributed by atoms with Crippen LogP contribution in [0.1, 0.15) is 134 Å². The summed E-state index contributed by atoms with van der Waals surface area (Å²) in [5, 5.41) is 45.4. The lowest BCUT2D eigenvalue weighted by Crippen LogP contribution is -2.42. The molecule has 1 aromatic rings. The molecule has 0 radical (unpaired) electrons. The number of rotatable bonds is 55. The lowest BCUT2D eigenvalue weighted by atomic mass is 10.0. The first-order valence-electron chi connectivity index (χ1n) is 27.0. The molecule has 0 aliphatic carbocycles. The quantitative estimate of drug-likeness (QED) is 0.0238. The van der Waals surface area contributed by atoms with Gasteiger partial charge in [0.2, 0.25) is 39.6 Å². The van der Waals surface area contributed by atoms with E-state index in [-0.39, 0.29) is 127 Å². The highest BCUT2D eigenvalue weighted by atomic mass is 32.2. The number of aliphatic hydroxyl groups excluding tert-OH is 1. The van der Waals surface area contributed by atoms with Gasteiger partial charge in [0.1, 0.15) is 31.4 Å². The molecule has 1 aromatic heterocycles. The van der Waals surface area contributed by atoms with Gasteiger partial charge in [-0.05, 0) is 49.0 Å². The second kappa shape index (κ2) is 48.6. The van der Waals surface area contributed by atoms with Crippen LogP contribution in [-0.2, 0) is 73.7 Å². The zero-order valence-corrected chi connectivity index (χ0v) is 47.7. The first-order valence-corrected chi connectivity index (χ1v) is 30.8. The molecule has 1 rings (SSSR count). The van der Waals surface area contributed by atoms with Gasteiger partial charge in [-0.1, -0.05) is 77.0 Å². The van der Waals surface area contributed by atoms with E-state index in [1.54, 1.807) is 0 Å². The molecule has 0 saturated carbocycles. The van der Waals surface area contributed by atoms with Gasteiger partial charge in [0.15, 0.2) is 5.52 Å². The Morgan fingerprint density at radius 3 is 1.79 bits per heavy atom. The maximum absolute atomic E-state index is 12.3. The van der Waals surface area contributed by atoms with E-state index in [9.17, 15) is 51.9 Å². The molecule has 78 heavy (non-hydrogen) atoms. The number of unbranched alkanes of at least 4 members (excludes halogenated alkanes) is 14. The van der Waals surface area contributed by atoms with E-state index < -0.39 is 73.4 Å². The molecule has 30 heteroatoms. The summed E-state index contributed by atoms with van der Waals surface area (Å²) < 4.78 is 48.0. The molecular weight excluding hydrogens is 1080 g/mol. The molecule has 0 aliphatic heterocycles. The van der Waals surface area contributed by atoms with Crippen molar-refractivity contribution in [1.29, 1.82) is 0 Å². The second-order valence-corrected chi connectivity index (χ2v) is 22.2. The zero-order chi connectivity index (χ0) is 57.3. The number of hydrogen-bond acceptors (Lipinski definition) is 21. The number of tetrazole rings is 1. The first kappa shape index (κ1) is 71.7. The molecule has 11 N–H and O–H groups in total. The number of sulfonamides is 1. The third-order valence-electron chi connectivity index (χ3n) is 11.4. The van der Waals surface area contributed by atoms with Gasteiger partial charge in [-0.25, -0.2) is 18.3 Å². The zero-order valence-electron chi connectivity index (χ0n) is 45.1. The van der Waals surface area contributed by atoms with Crippen molar-refractivity contribution in [3.63, 3.8) is 0 Å². The van der Waals surface area contributed by atoms with Crippen LogP contribution in [-0.4, -0.2) is 201 Å². The van der Waals surface area contributed by atoms with E-state index in [0.29, 0.717) is 25.5 Å². The largest absolute Gasteiger partial charge is 0.480 e. The molecule has 4 atom stereocenters. The van der Waals surface area contributed by atoms with Gasteiger partial charge in [-0.15, -0.1) is 16.9 Å². The molecular formula is C48H88N11O16PS2. The minimum absolute atomic E-state index is 0.0316. The van der Waals surface area contributed by atoms with Crippen molar-refractivity contribution in [2.75, 3.05) is 96.4 Å². The van der Waals surface area contributed by atoms with Crippen molar-refractivity contribution in [3.8, 4) is 0 Å². The van der Waals surface area contributed by atoms with Gasteiger partial charge in [-0.2, -0.15) is 0 Å². The fraction of sp³-hybridized carbons (Fsp3) is 0.812. The molecule has 5 amide bonds. The van der Waals surface area contributed by atoms with Crippen LogP contribution in [0.4, 0.5) is 0 Å². The molecule has 1 heterocycles. The van der Waals surface area contributed by atoms with Crippen LogP contribution in [0.5, 0.6) is 0 Å². The van der Waals surface area contributed by atoms with Gasteiger partial charge in [-0.3, -0.25) is 38.6 Å². The van der Waals surface area contributed by atoms with Gasteiger partial charge in [0.25, 0.3) is 0 Å². The van der Waals surface area contributed by atoms with Crippen LogP contribution in [0.2, 0.25) is 0 Å². The van der Waals surface area contributed by atoms with Crippen LogP contribution in [0.3, 0.4) is 0 Å². The summed E-state index contributed by atoms with van der Waals surface area (Å²) in [6.07, 6.45) is 18.5. The van der Waals surface area contributed by atoms with E-state index in [1.165, 1.54) is 69.5 Å². The number of carboxylic acids is 1. The predicted octanol–water partition coefficient (Wildman–Crippen LogP) is 0.305. The Labute approximate surface area is 464 Å². The number of carbonyl (C=O) groups excluding carboxylic acids is 7. The van der Waals surface area contributed by atoms with Gasteiger partial charge in [0, 0.05) is 53.4 Å². The fourth-order valence-electron chi connectivity index (χ4n) is 7.10.